The number of benzene rings is 2. The van der Waals surface area contributed by atoms with E-state index < -0.39 is 4.92 Å². The highest BCUT2D eigenvalue weighted by Crippen LogP contribution is 2.40. The van der Waals surface area contributed by atoms with Gasteiger partial charge in [-0.25, -0.2) is 4.90 Å². The Labute approximate surface area is 130 Å². The fourth-order valence-electron chi connectivity index (χ4n) is 3.09. The summed E-state index contributed by atoms with van der Waals surface area (Å²) in [5, 5.41) is 10.9. The number of carbonyl (C=O) groups is 2. The fraction of sp³-hybridized carbons (Fsp3) is 0.0588. The van der Waals surface area contributed by atoms with Gasteiger partial charge < -0.3 is 0 Å². The maximum Gasteiger partial charge on any atom is 0.269 e. The van der Waals surface area contributed by atoms with Gasteiger partial charge in [0, 0.05) is 24.3 Å². The average molecular weight is 306 g/mol. The van der Waals surface area contributed by atoms with Gasteiger partial charge in [0.25, 0.3) is 17.5 Å². The molecule has 0 saturated carbocycles. The summed E-state index contributed by atoms with van der Waals surface area (Å²) in [7, 11) is 0. The number of non-ortho nitro benzene ring substituents is 1. The highest BCUT2D eigenvalue weighted by Gasteiger charge is 2.27. The van der Waals surface area contributed by atoms with Gasteiger partial charge in [0.05, 0.1) is 10.6 Å². The Morgan fingerprint density at radius 2 is 1.52 bits per heavy atom. The second-order valence-electron chi connectivity index (χ2n) is 5.46. The van der Waals surface area contributed by atoms with Crippen molar-refractivity contribution in [2.24, 2.45) is 0 Å². The predicted molar refractivity (Wildman–Crippen MR) is 83.0 cm³/mol. The first-order chi connectivity index (χ1) is 11.0. The van der Waals surface area contributed by atoms with Crippen LogP contribution in [0.1, 0.15) is 11.1 Å². The Morgan fingerprint density at radius 1 is 0.913 bits per heavy atom. The van der Waals surface area contributed by atoms with E-state index in [2.05, 4.69) is 0 Å². The van der Waals surface area contributed by atoms with Gasteiger partial charge in [0.15, 0.2) is 0 Å². The third-order valence-corrected chi connectivity index (χ3v) is 4.13. The minimum atomic E-state index is -0.415. The van der Waals surface area contributed by atoms with Crippen LogP contribution in [0, 0.1) is 10.1 Å². The maximum absolute atomic E-state index is 11.8. The second-order valence-corrected chi connectivity index (χ2v) is 5.46. The van der Waals surface area contributed by atoms with E-state index in [1.54, 1.807) is 24.3 Å². The number of fused-ring (bicyclic) bond motifs is 3. The standard InChI is InChI=1S/C17H10N2O4/c20-16-5-6-17(21)18(16)12-1-3-14-10(8-12)7-11-9-13(19(22)23)2-4-15(11)14/h1-6,8-9H,7H2. The highest BCUT2D eigenvalue weighted by atomic mass is 16.6. The van der Waals surface area contributed by atoms with Crippen molar-refractivity contribution in [2.45, 2.75) is 6.42 Å². The van der Waals surface area contributed by atoms with Crippen molar-refractivity contribution in [1.82, 2.24) is 0 Å². The average Bonchev–Trinajstić information content (AvgIpc) is 3.05. The molecule has 2 aromatic carbocycles. The van der Waals surface area contributed by atoms with Crippen molar-refractivity contribution < 1.29 is 14.5 Å². The third kappa shape index (κ3) is 1.96. The number of rotatable bonds is 2. The van der Waals surface area contributed by atoms with E-state index in [1.807, 2.05) is 6.07 Å². The fourth-order valence-corrected chi connectivity index (χ4v) is 3.09. The van der Waals surface area contributed by atoms with Gasteiger partial charge in [-0.15, -0.1) is 0 Å². The van der Waals surface area contributed by atoms with E-state index in [1.165, 1.54) is 18.2 Å². The van der Waals surface area contributed by atoms with Crippen LogP contribution in [-0.4, -0.2) is 16.7 Å². The minimum absolute atomic E-state index is 0.0610. The van der Waals surface area contributed by atoms with Gasteiger partial charge in [-0.2, -0.15) is 0 Å². The summed E-state index contributed by atoms with van der Waals surface area (Å²) in [5.41, 5.74) is 4.34. The van der Waals surface area contributed by atoms with Gasteiger partial charge in [-0.05, 0) is 46.9 Å². The molecule has 0 unspecified atom stereocenters. The van der Waals surface area contributed by atoms with Gasteiger partial charge >= 0.3 is 0 Å². The summed E-state index contributed by atoms with van der Waals surface area (Å²) in [6.45, 7) is 0. The minimum Gasteiger partial charge on any atom is -0.269 e. The molecule has 0 aromatic heterocycles. The summed E-state index contributed by atoms with van der Waals surface area (Å²) in [6.07, 6.45) is 3.03. The molecule has 1 aliphatic heterocycles. The van der Waals surface area contributed by atoms with Gasteiger partial charge in [0.1, 0.15) is 0 Å². The number of nitrogens with zero attached hydrogens (tertiary/aromatic N) is 2. The molecule has 2 aromatic rings. The predicted octanol–water partition coefficient (Wildman–Crippen LogP) is 2.60. The first kappa shape index (κ1) is 13.4. The summed E-state index contributed by atoms with van der Waals surface area (Å²) in [4.78, 5) is 35.1. The molecule has 0 spiro atoms. The number of imide groups is 1. The Morgan fingerprint density at radius 3 is 2.17 bits per heavy atom. The number of hydrogen-bond donors (Lipinski definition) is 0. The first-order valence-electron chi connectivity index (χ1n) is 7.01. The van der Waals surface area contributed by atoms with Crippen LogP contribution in [0.4, 0.5) is 11.4 Å². The van der Waals surface area contributed by atoms with Crippen molar-refractivity contribution >= 4 is 23.2 Å². The van der Waals surface area contributed by atoms with Crippen LogP contribution in [0.3, 0.4) is 0 Å². The van der Waals surface area contributed by atoms with Gasteiger partial charge in [-0.1, -0.05) is 6.07 Å². The lowest BCUT2D eigenvalue weighted by Crippen LogP contribution is -2.29. The molecular weight excluding hydrogens is 296 g/mol. The van der Waals surface area contributed by atoms with Crippen molar-refractivity contribution in [3.63, 3.8) is 0 Å². The second kappa shape index (κ2) is 4.61. The lowest BCUT2D eigenvalue weighted by Gasteiger charge is -2.15. The Balaban J connectivity index is 1.75. The molecule has 2 aliphatic rings. The summed E-state index contributed by atoms with van der Waals surface area (Å²) in [6, 6.07) is 10.2. The molecule has 0 bridgehead atoms. The summed E-state index contributed by atoms with van der Waals surface area (Å²) >= 11 is 0. The molecular formula is C17H10N2O4. The molecule has 6 heteroatoms. The number of carbonyl (C=O) groups excluding carboxylic acids is 2. The maximum atomic E-state index is 11.8. The molecule has 23 heavy (non-hydrogen) atoms. The SMILES string of the molecule is O=C1C=CC(=O)N1c1ccc2c(c1)Cc1cc([N+](=O)[O-])ccc1-2. The lowest BCUT2D eigenvalue weighted by molar-refractivity contribution is -0.384. The molecule has 0 radical (unpaired) electrons. The molecule has 6 nitrogen and oxygen atoms in total. The molecule has 0 atom stereocenters. The molecule has 0 N–H and O–H groups in total. The van der Waals surface area contributed by atoms with Crippen LogP contribution in [0.2, 0.25) is 0 Å². The van der Waals surface area contributed by atoms with Crippen molar-refractivity contribution in [1.29, 1.82) is 0 Å². The summed E-state index contributed by atoms with van der Waals surface area (Å²) < 4.78 is 0. The van der Waals surface area contributed by atoms with Crippen LogP contribution >= 0.6 is 0 Å². The number of amides is 2. The lowest BCUT2D eigenvalue weighted by atomic mass is 10.0. The quantitative estimate of drug-likeness (QED) is 0.414. The zero-order chi connectivity index (χ0) is 16.1. The van der Waals surface area contributed by atoms with Crippen molar-refractivity contribution in [3.05, 3.63) is 69.8 Å². The molecule has 4 rings (SSSR count). The van der Waals surface area contributed by atoms with E-state index >= 15 is 0 Å². The molecule has 1 aliphatic carbocycles. The zero-order valence-corrected chi connectivity index (χ0v) is 11.9. The van der Waals surface area contributed by atoms with E-state index in [0.717, 1.165) is 27.2 Å². The molecule has 2 amide bonds. The van der Waals surface area contributed by atoms with Crippen LogP contribution in [-0.2, 0) is 16.0 Å². The van der Waals surface area contributed by atoms with E-state index in [9.17, 15) is 19.7 Å². The zero-order valence-electron chi connectivity index (χ0n) is 11.9. The molecule has 1 heterocycles. The monoisotopic (exact) mass is 306 g/mol. The first-order valence-corrected chi connectivity index (χ1v) is 7.01. The Hall–Kier alpha value is -3.28. The van der Waals surface area contributed by atoms with E-state index in [4.69, 9.17) is 0 Å². The van der Waals surface area contributed by atoms with Crippen LogP contribution in [0.25, 0.3) is 11.1 Å². The third-order valence-electron chi connectivity index (χ3n) is 4.13. The number of nitro benzene ring substituents is 1. The van der Waals surface area contributed by atoms with Crippen molar-refractivity contribution in [2.75, 3.05) is 4.90 Å². The van der Waals surface area contributed by atoms with Crippen LogP contribution in [0.15, 0.2) is 48.6 Å². The van der Waals surface area contributed by atoms with Crippen LogP contribution in [0.5, 0.6) is 0 Å². The Kier molecular flexibility index (Phi) is 2.68. The largest absolute Gasteiger partial charge is 0.269 e. The smallest absolute Gasteiger partial charge is 0.269 e. The van der Waals surface area contributed by atoms with Gasteiger partial charge in [-0.3, -0.25) is 19.7 Å². The number of anilines is 1. The molecule has 0 fully saturated rings. The Bertz CT molecular complexity index is 912. The molecule has 0 saturated heterocycles. The normalized spacial score (nSPS) is 15.0. The van der Waals surface area contributed by atoms with Crippen molar-refractivity contribution in [3.8, 4) is 11.1 Å². The topological polar surface area (TPSA) is 80.5 Å². The van der Waals surface area contributed by atoms with Crippen LogP contribution < -0.4 is 4.90 Å². The highest BCUT2D eigenvalue weighted by molar-refractivity contribution is 6.28. The van der Waals surface area contributed by atoms with E-state index in [-0.39, 0.29) is 17.5 Å². The van der Waals surface area contributed by atoms with E-state index in [0.29, 0.717) is 12.1 Å². The summed E-state index contributed by atoms with van der Waals surface area (Å²) in [5.74, 6) is -0.720. The molecule has 112 valence electrons. The number of hydrogen-bond acceptors (Lipinski definition) is 4. The number of nitro groups is 1. The van der Waals surface area contributed by atoms with Gasteiger partial charge in [0.2, 0.25) is 0 Å².